The van der Waals surface area contributed by atoms with E-state index in [1.54, 1.807) is 0 Å². The summed E-state index contributed by atoms with van der Waals surface area (Å²) in [6, 6.07) is 44.4. The summed E-state index contributed by atoms with van der Waals surface area (Å²) in [6.45, 7) is 2.35. The van der Waals surface area contributed by atoms with Crippen molar-refractivity contribution in [3.63, 3.8) is 0 Å². The van der Waals surface area contributed by atoms with Crippen molar-refractivity contribution in [3.8, 4) is 11.3 Å². The van der Waals surface area contributed by atoms with Crippen LogP contribution in [0.15, 0.2) is 192 Å². The third kappa shape index (κ3) is 6.95. The van der Waals surface area contributed by atoms with Gasteiger partial charge in [-0.15, -0.1) is 0 Å². The van der Waals surface area contributed by atoms with Crippen LogP contribution >= 0.6 is 0 Å². The van der Waals surface area contributed by atoms with E-state index in [0.29, 0.717) is 5.92 Å². The first-order chi connectivity index (χ1) is 31.6. The van der Waals surface area contributed by atoms with E-state index >= 15 is 0 Å². The summed E-state index contributed by atoms with van der Waals surface area (Å²) in [6.07, 6.45) is 24.1. The molecule has 0 bridgehead atoms. The summed E-state index contributed by atoms with van der Waals surface area (Å²) < 4.78 is 0. The molecular weight excluding hydrogens is 783 g/mol. The first-order valence-corrected chi connectivity index (χ1v) is 22.3. The molecule has 0 fully saturated rings. The normalized spacial score (nSPS) is 20.8. The van der Waals surface area contributed by atoms with Crippen LogP contribution in [0.1, 0.15) is 58.5 Å². The number of aliphatic imine (C=N–C) groups is 2. The molecule has 2 aliphatic carbocycles. The zero-order valence-electron chi connectivity index (χ0n) is 35.4. The second-order valence-electron chi connectivity index (χ2n) is 17.3. The number of pyridine rings is 2. The van der Waals surface area contributed by atoms with Crippen LogP contribution in [0.4, 0.5) is 5.69 Å². The van der Waals surface area contributed by atoms with Crippen LogP contribution in [0.5, 0.6) is 0 Å². The number of allylic oxidation sites excluding steroid dienone is 5. The average molecular weight is 828 g/mol. The van der Waals surface area contributed by atoms with Gasteiger partial charge in [-0.2, -0.15) is 0 Å². The number of hydrogen-bond acceptors (Lipinski definition) is 7. The van der Waals surface area contributed by atoms with Gasteiger partial charge < -0.3 is 16.0 Å². The summed E-state index contributed by atoms with van der Waals surface area (Å²) in [5.41, 5.74) is 16.9. The van der Waals surface area contributed by atoms with Crippen LogP contribution in [0.25, 0.3) is 56.5 Å². The largest absolute Gasteiger partial charge is 0.374 e. The molecule has 7 nitrogen and oxygen atoms in total. The maximum absolute atomic E-state index is 5.29. The van der Waals surface area contributed by atoms with E-state index in [1.165, 1.54) is 33.4 Å². The number of amidine groups is 2. The molecule has 308 valence electrons. The molecule has 4 unspecified atom stereocenters. The summed E-state index contributed by atoms with van der Waals surface area (Å²) >= 11 is 0. The van der Waals surface area contributed by atoms with Crippen molar-refractivity contribution in [2.24, 2.45) is 15.9 Å². The lowest BCUT2D eigenvalue weighted by Crippen LogP contribution is -2.38. The van der Waals surface area contributed by atoms with Gasteiger partial charge in [0.25, 0.3) is 0 Å². The van der Waals surface area contributed by atoms with E-state index in [9.17, 15) is 0 Å². The number of rotatable bonds is 6. The Morgan fingerprint density at radius 1 is 0.656 bits per heavy atom. The van der Waals surface area contributed by atoms with Crippen molar-refractivity contribution >= 4 is 62.6 Å². The van der Waals surface area contributed by atoms with Gasteiger partial charge in [-0.05, 0) is 87.6 Å². The van der Waals surface area contributed by atoms with E-state index in [2.05, 4.69) is 175 Å². The molecule has 0 radical (unpaired) electrons. The number of nitrogens with one attached hydrogen (secondary N) is 3. The quantitative estimate of drug-likeness (QED) is 0.145. The van der Waals surface area contributed by atoms with E-state index < -0.39 is 0 Å². The minimum atomic E-state index is -0.250. The summed E-state index contributed by atoms with van der Waals surface area (Å²) in [7, 11) is 0. The van der Waals surface area contributed by atoms with Gasteiger partial charge in [-0.25, -0.2) is 15.0 Å². The predicted molar refractivity (Wildman–Crippen MR) is 265 cm³/mol. The highest BCUT2D eigenvalue weighted by Gasteiger charge is 2.28. The number of anilines is 1. The van der Waals surface area contributed by atoms with Crippen molar-refractivity contribution in [1.82, 2.24) is 20.6 Å². The molecule has 64 heavy (non-hydrogen) atoms. The number of nitrogens with zero attached hydrogens (tertiary/aromatic N) is 4. The van der Waals surface area contributed by atoms with E-state index in [1.807, 2.05) is 36.5 Å². The highest BCUT2D eigenvalue weighted by atomic mass is 15.2. The summed E-state index contributed by atoms with van der Waals surface area (Å²) in [4.78, 5) is 20.2. The average Bonchev–Trinajstić information content (AvgIpc) is 3.56. The van der Waals surface area contributed by atoms with Crippen molar-refractivity contribution in [2.45, 2.75) is 38.0 Å². The van der Waals surface area contributed by atoms with Crippen LogP contribution in [-0.2, 0) is 6.42 Å². The van der Waals surface area contributed by atoms with Crippen LogP contribution in [0.2, 0.25) is 0 Å². The maximum Gasteiger partial charge on any atom is 0.154 e. The fraction of sp³-hybridized carbons (Fsp3) is 0.123. The van der Waals surface area contributed by atoms with Gasteiger partial charge in [0.15, 0.2) is 5.84 Å². The number of benzene rings is 5. The molecule has 5 aromatic carbocycles. The van der Waals surface area contributed by atoms with Crippen LogP contribution in [-0.4, -0.2) is 33.7 Å². The van der Waals surface area contributed by atoms with Crippen molar-refractivity contribution in [3.05, 3.63) is 221 Å². The van der Waals surface area contributed by atoms with E-state index in [4.69, 9.17) is 20.0 Å². The second kappa shape index (κ2) is 15.8. The molecule has 5 heterocycles. The summed E-state index contributed by atoms with van der Waals surface area (Å²) in [5, 5.41) is 13.5. The van der Waals surface area contributed by atoms with Gasteiger partial charge in [-0.1, -0.05) is 165 Å². The van der Waals surface area contributed by atoms with Gasteiger partial charge in [-0.3, -0.25) is 4.98 Å². The third-order valence-corrected chi connectivity index (χ3v) is 13.0. The van der Waals surface area contributed by atoms with Gasteiger partial charge in [0, 0.05) is 39.5 Å². The smallest absolute Gasteiger partial charge is 0.154 e. The Bertz CT molecular complexity index is 3280. The number of aromatic nitrogens is 2. The molecule has 3 aliphatic heterocycles. The fourth-order valence-corrected chi connectivity index (χ4v) is 9.67. The second-order valence-corrected chi connectivity index (χ2v) is 17.3. The van der Waals surface area contributed by atoms with Crippen LogP contribution in [0, 0.1) is 5.92 Å². The lowest BCUT2D eigenvalue weighted by atomic mass is 9.84. The number of dihydropyridines is 1. The minimum Gasteiger partial charge on any atom is -0.374 e. The standard InChI is InChI=1S/C57H45N7/c1-35-10-8-16-45-44(26-27-46(47(45)32-35)49-29-25-39-20-19-38-15-9-31-58-53(38)54(39)61-49)42-21-17-36-23-28-48(59-51(36)33-42)43-22-18-37-24-30-50(60-52(37)34-43)57-63-55(40-11-4-2-5-12-40)62-56(64-57)41-13-6-3-7-14-41/h2-9,11-31,33-35,50-51,55,59-60H,10,32H2,1H3,(H,62,63,64). The highest BCUT2D eigenvalue weighted by molar-refractivity contribution is 6.11. The van der Waals surface area contributed by atoms with Gasteiger partial charge >= 0.3 is 0 Å². The van der Waals surface area contributed by atoms with Gasteiger partial charge in [0.2, 0.25) is 0 Å². The molecule has 0 saturated carbocycles. The van der Waals surface area contributed by atoms with Crippen LogP contribution < -0.4 is 16.0 Å². The molecule has 0 spiro atoms. The molecule has 0 amide bonds. The van der Waals surface area contributed by atoms with Crippen molar-refractivity contribution in [2.75, 3.05) is 5.32 Å². The van der Waals surface area contributed by atoms with Crippen LogP contribution in [0.3, 0.4) is 0 Å². The Hall–Kier alpha value is -7.90. The molecule has 12 rings (SSSR count). The maximum atomic E-state index is 5.29. The Balaban J connectivity index is 0.835. The lowest BCUT2D eigenvalue weighted by molar-refractivity contribution is 0.595. The summed E-state index contributed by atoms with van der Waals surface area (Å²) in [5.74, 6) is 2.07. The Labute approximate surface area is 372 Å². The SMILES string of the molecule is CC1CC=Cc2c(C3=CC4NC(c5ccc6c(c5)NC(C5=NC(c7ccccc7)NC(c7ccccc7)=N5)C=C6)=CC=C4C=C3)ccc(-c3ccc4ccc5cccnc5c4n3)c2C1. The zero-order chi connectivity index (χ0) is 42.6. The Morgan fingerprint density at radius 2 is 1.48 bits per heavy atom. The monoisotopic (exact) mass is 827 g/mol. The molecule has 2 aromatic heterocycles. The zero-order valence-corrected chi connectivity index (χ0v) is 35.4. The fourth-order valence-electron chi connectivity index (χ4n) is 9.67. The highest BCUT2D eigenvalue weighted by Crippen LogP contribution is 2.39. The molecule has 7 heteroatoms. The lowest BCUT2D eigenvalue weighted by Gasteiger charge is -2.30. The van der Waals surface area contributed by atoms with E-state index in [-0.39, 0.29) is 18.2 Å². The van der Waals surface area contributed by atoms with Crippen molar-refractivity contribution < 1.29 is 0 Å². The molecular formula is C57H45N7. The predicted octanol–water partition coefficient (Wildman–Crippen LogP) is 11.9. The topological polar surface area (TPSA) is 86.6 Å². The van der Waals surface area contributed by atoms with E-state index in [0.717, 1.165) is 85.7 Å². The Kier molecular flexibility index (Phi) is 9.33. The Morgan fingerprint density at radius 3 is 2.38 bits per heavy atom. The molecule has 7 aromatic rings. The first kappa shape index (κ1) is 37.8. The first-order valence-electron chi connectivity index (χ1n) is 22.3. The van der Waals surface area contributed by atoms with Crippen molar-refractivity contribution in [1.29, 1.82) is 0 Å². The number of hydrogen-bond donors (Lipinski definition) is 3. The molecule has 5 aliphatic rings. The molecule has 3 N–H and O–H groups in total. The van der Waals surface area contributed by atoms with Gasteiger partial charge in [0.1, 0.15) is 18.0 Å². The van der Waals surface area contributed by atoms with Gasteiger partial charge in [0.05, 0.1) is 22.8 Å². The number of fused-ring (bicyclic) bond motifs is 6. The third-order valence-electron chi connectivity index (χ3n) is 13.0. The minimum absolute atomic E-state index is 0.0216. The molecule has 4 atom stereocenters. The molecule has 0 saturated heterocycles.